The molecule has 0 unspecified atom stereocenters. The standard InChI is InChI=1S/C18H19NO5S/c1-12-4-6-13(7-5-12)25(21,22)19-11-10-15(20)14-8-9-16(23-2)18(24-3)17(14)19/h4-9H,10-11H2,1-3H3. The lowest BCUT2D eigenvalue weighted by Crippen LogP contribution is -2.37. The van der Waals surface area contributed by atoms with Gasteiger partial charge in [0.25, 0.3) is 10.0 Å². The number of methoxy groups -OCH3 is 2. The Kier molecular flexibility index (Phi) is 4.43. The summed E-state index contributed by atoms with van der Waals surface area (Å²) in [4.78, 5) is 12.5. The average molecular weight is 361 g/mol. The molecule has 0 aromatic heterocycles. The first-order valence-corrected chi connectivity index (χ1v) is 9.21. The van der Waals surface area contributed by atoms with Crippen molar-refractivity contribution < 1.29 is 22.7 Å². The van der Waals surface area contributed by atoms with Crippen LogP contribution in [0.5, 0.6) is 11.5 Å². The van der Waals surface area contributed by atoms with Crippen molar-refractivity contribution in [2.45, 2.75) is 18.2 Å². The third-order valence-electron chi connectivity index (χ3n) is 4.22. The van der Waals surface area contributed by atoms with E-state index in [9.17, 15) is 13.2 Å². The first-order valence-electron chi connectivity index (χ1n) is 7.77. The zero-order chi connectivity index (χ0) is 18.2. The van der Waals surface area contributed by atoms with E-state index in [4.69, 9.17) is 9.47 Å². The summed E-state index contributed by atoms with van der Waals surface area (Å²) in [5.41, 5.74) is 1.52. The van der Waals surface area contributed by atoms with Crippen molar-refractivity contribution in [1.82, 2.24) is 0 Å². The second-order valence-electron chi connectivity index (χ2n) is 5.76. The highest BCUT2D eigenvalue weighted by Gasteiger charge is 2.36. The van der Waals surface area contributed by atoms with Crippen LogP contribution in [0.25, 0.3) is 0 Å². The minimum atomic E-state index is -3.83. The lowest BCUT2D eigenvalue weighted by atomic mass is 10.0. The Morgan fingerprint density at radius 3 is 2.28 bits per heavy atom. The Balaban J connectivity index is 2.22. The van der Waals surface area contributed by atoms with Crippen LogP contribution in [0, 0.1) is 6.92 Å². The quantitative estimate of drug-likeness (QED) is 0.837. The molecular weight excluding hydrogens is 342 g/mol. The van der Waals surface area contributed by atoms with Crippen LogP contribution in [-0.4, -0.2) is 35.0 Å². The lowest BCUT2D eigenvalue weighted by molar-refractivity contribution is 0.0981. The molecule has 7 heteroatoms. The molecule has 0 spiro atoms. The van der Waals surface area contributed by atoms with Crippen LogP contribution < -0.4 is 13.8 Å². The highest BCUT2D eigenvalue weighted by Crippen LogP contribution is 2.44. The van der Waals surface area contributed by atoms with Crippen LogP contribution >= 0.6 is 0 Å². The summed E-state index contributed by atoms with van der Waals surface area (Å²) in [7, 11) is -0.937. The maximum absolute atomic E-state index is 13.2. The monoisotopic (exact) mass is 361 g/mol. The topological polar surface area (TPSA) is 72.9 Å². The second-order valence-corrected chi connectivity index (χ2v) is 7.62. The number of ketones is 1. The van der Waals surface area contributed by atoms with E-state index in [-0.39, 0.29) is 35.1 Å². The molecule has 1 aliphatic heterocycles. The molecule has 1 aliphatic rings. The molecule has 0 N–H and O–H groups in total. The molecule has 3 rings (SSSR count). The van der Waals surface area contributed by atoms with E-state index in [0.717, 1.165) is 5.56 Å². The van der Waals surface area contributed by atoms with E-state index in [1.54, 1.807) is 36.4 Å². The van der Waals surface area contributed by atoms with E-state index in [0.29, 0.717) is 11.3 Å². The lowest BCUT2D eigenvalue weighted by Gasteiger charge is -2.31. The summed E-state index contributed by atoms with van der Waals surface area (Å²) in [6.45, 7) is 1.95. The Labute approximate surface area is 147 Å². The van der Waals surface area contributed by atoms with Gasteiger partial charge < -0.3 is 9.47 Å². The van der Waals surface area contributed by atoms with Crippen molar-refractivity contribution in [2.24, 2.45) is 0 Å². The largest absolute Gasteiger partial charge is 0.493 e. The maximum atomic E-state index is 13.2. The number of sulfonamides is 1. The van der Waals surface area contributed by atoms with Gasteiger partial charge in [0, 0.05) is 18.5 Å². The van der Waals surface area contributed by atoms with Gasteiger partial charge in [-0.3, -0.25) is 9.10 Å². The summed E-state index contributed by atoms with van der Waals surface area (Å²) in [6.07, 6.45) is 0.119. The average Bonchev–Trinajstić information content (AvgIpc) is 2.61. The second kappa shape index (κ2) is 6.40. The summed E-state index contributed by atoms with van der Waals surface area (Å²) in [5.74, 6) is 0.495. The Morgan fingerprint density at radius 1 is 1.00 bits per heavy atom. The van der Waals surface area contributed by atoms with E-state index < -0.39 is 10.0 Å². The third-order valence-corrected chi connectivity index (χ3v) is 6.03. The van der Waals surface area contributed by atoms with Crippen LogP contribution in [0.3, 0.4) is 0 Å². The van der Waals surface area contributed by atoms with E-state index in [2.05, 4.69) is 0 Å². The zero-order valence-electron chi connectivity index (χ0n) is 14.3. The molecule has 2 aromatic carbocycles. The molecule has 0 atom stereocenters. The van der Waals surface area contributed by atoms with Crippen molar-refractivity contribution in [2.75, 3.05) is 25.1 Å². The number of aryl methyl sites for hydroxylation is 1. The van der Waals surface area contributed by atoms with Gasteiger partial charge in [0.05, 0.1) is 19.1 Å². The van der Waals surface area contributed by atoms with E-state index >= 15 is 0 Å². The molecule has 0 bridgehead atoms. The molecule has 0 saturated carbocycles. The predicted molar refractivity (Wildman–Crippen MR) is 94.2 cm³/mol. The molecule has 2 aromatic rings. The van der Waals surface area contributed by atoms with E-state index in [1.807, 2.05) is 6.92 Å². The number of ether oxygens (including phenoxy) is 2. The number of anilines is 1. The van der Waals surface area contributed by atoms with Crippen molar-refractivity contribution in [3.8, 4) is 11.5 Å². The number of Topliss-reactive ketones (excluding diaryl/α,β-unsaturated/α-hetero) is 1. The van der Waals surface area contributed by atoms with Gasteiger partial charge in [-0.1, -0.05) is 17.7 Å². The highest BCUT2D eigenvalue weighted by molar-refractivity contribution is 7.92. The SMILES string of the molecule is COc1ccc2c(c1OC)N(S(=O)(=O)c1ccc(C)cc1)CCC2=O. The van der Waals surface area contributed by atoms with Crippen LogP contribution in [0.1, 0.15) is 22.3 Å². The molecular formula is C18H19NO5S. The van der Waals surface area contributed by atoms with Crippen LogP contribution in [-0.2, 0) is 10.0 Å². The minimum Gasteiger partial charge on any atom is -0.493 e. The molecule has 0 fully saturated rings. The number of hydrogen-bond acceptors (Lipinski definition) is 5. The minimum absolute atomic E-state index is 0.0611. The Morgan fingerprint density at radius 2 is 1.68 bits per heavy atom. The first kappa shape index (κ1) is 17.3. The van der Waals surface area contributed by atoms with Crippen molar-refractivity contribution in [3.63, 3.8) is 0 Å². The summed E-state index contributed by atoms with van der Waals surface area (Å²) in [6, 6.07) is 9.80. The van der Waals surface area contributed by atoms with Crippen LogP contribution in [0.15, 0.2) is 41.3 Å². The number of carbonyl (C=O) groups excluding carboxylic acids is 1. The van der Waals surface area contributed by atoms with Crippen LogP contribution in [0.2, 0.25) is 0 Å². The Hall–Kier alpha value is -2.54. The number of hydrogen-bond donors (Lipinski definition) is 0. The van der Waals surface area contributed by atoms with Gasteiger partial charge in [-0.25, -0.2) is 8.42 Å². The van der Waals surface area contributed by atoms with Gasteiger partial charge >= 0.3 is 0 Å². The first-order chi connectivity index (χ1) is 11.9. The van der Waals surface area contributed by atoms with Crippen LogP contribution in [0.4, 0.5) is 5.69 Å². The molecule has 0 aliphatic carbocycles. The molecule has 25 heavy (non-hydrogen) atoms. The number of rotatable bonds is 4. The smallest absolute Gasteiger partial charge is 0.264 e. The van der Waals surface area contributed by atoms with Gasteiger partial charge in [-0.2, -0.15) is 0 Å². The molecule has 1 heterocycles. The fourth-order valence-electron chi connectivity index (χ4n) is 2.91. The van der Waals surface area contributed by atoms with Gasteiger partial charge in [0.15, 0.2) is 17.3 Å². The molecule has 132 valence electrons. The zero-order valence-corrected chi connectivity index (χ0v) is 15.1. The normalized spacial score (nSPS) is 14.2. The van der Waals surface area contributed by atoms with Crippen molar-refractivity contribution in [1.29, 1.82) is 0 Å². The summed E-state index contributed by atoms with van der Waals surface area (Å²) >= 11 is 0. The van der Waals surface area contributed by atoms with E-state index in [1.165, 1.54) is 18.5 Å². The Bertz CT molecular complexity index is 919. The van der Waals surface area contributed by atoms with Gasteiger partial charge in [-0.05, 0) is 31.2 Å². The number of fused-ring (bicyclic) bond motifs is 1. The van der Waals surface area contributed by atoms with Gasteiger partial charge in [0.1, 0.15) is 5.69 Å². The molecule has 0 amide bonds. The van der Waals surface area contributed by atoms with Crippen molar-refractivity contribution in [3.05, 3.63) is 47.5 Å². The molecule has 0 saturated heterocycles. The molecule has 6 nitrogen and oxygen atoms in total. The number of carbonyl (C=O) groups is 1. The molecule has 0 radical (unpaired) electrons. The summed E-state index contributed by atoms with van der Waals surface area (Å²) < 4.78 is 38.2. The van der Waals surface area contributed by atoms with Gasteiger partial charge in [-0.15, -0.1) is 0 Å². The van der Waals surface area contributed by atoms with Crippen molar-refractivity contribution >= 4 is 21.5 Å². The number of benzene rings is 2. The summed E-state index contributed by atoms with van der Waals surface area (Å²) in [5, 5.41) is 0. The van der Waals surface area contributed by atoms with Gasteiger partial charge in [0.2, 0.25) is 0 Å². The number of nitrogens with zero attached hydrogens (tertiary/aromatic N) is 1. The fraction of sp³-hybridized carbons (Fsp3) is 0.278. The predicted octanol–water partition coefficient (Wildman–Crippen LogP) is 2.79. The third kappa shape index (κ3) is 2.84. The maximum Gasteiger partial charge on any atom is 0.264 e. The fourth-order valence-corrected chi connectivity index (χ4v) is 4.40. The highest BCUT2D eigenvalue weighted by atomic mass is 32.2.